The van der Waals surface area contributed by atoms with Gasteiger partial charge in [-0.15, -0.1) is 0 Å². The van der Waals surface area contributed by atoms with Crippen molar-refractivity contribution in [1.29, 1.82) is 0 Å². The van der Waals surface area contributed by atoms with Crippen molar-refractivity contribution in [3.8, 4) is 11.5 Å². The van der Waals surface area contributed by atoms with E-state index in [1.165, 1.54) is 6.07 Å². The van der Waals surface area contributed by atoms with Crippen LogP contribution in [-0.4, -0.2) is 12.6 Å². The van der Waals surface area contributed by atoms with Crippen LogP contribution in [0, 0.1) is 0 Å². The van der Waals surface area contributed by atoms with Crippen LogP contribution in [0.2, 0.25) is 0 Å². The number of carbonyl (C=O) groups is 1. The molecular formula is C30H26O6. The topological polar surface area (TPSA) is 75.0 Å². The molecule has 4 aromatic rings. The van der Waals surface area contributed by atoms with Gasteiger partial charge < -0.3 is 18.6 Å². The van der Waals surface area contributed by atoms with Crippen LogP contribution in [0.25, 0.3) is 23.1 Å². The van der Waals surface area contributed by atoms with Crippen LogP contribution in [0.4, 0.5) is 0 Å². The van der Waals surface area contributed by atoms with Crippen LogP contribution in [0.15, 0.2) is 89.1 Å². The first-order chi connectivity index (χ1) is 17.5. The highest BCUT2D eigenvalue weighted by molar-refractivity contribution is 5.95. The summed E-state index contributed by atoms with van der Waals surface area (Å²) in [6.45, 7) is 9.89. The molecule has 0 aliphatic carbocycles. The molecule has 0 aliphatic rings. The predicted molar refractivity (Wildman–Crippen MR) is 140 cm³/mol. The van der Waals surface area contributed by atoms with Gasteiger partial charge in [-0.2, -0.15) is 0 Å². The first kappa shape index (κ1) is 24.5. The van der Waals surface area contributed by atoms with Crippen molar-refractivity contribution in [2.75, 3.05) is 6.61 Å². The van der Waals surface area contributed by atoms with Crippen LogP contribution < -0.4 is 15.1 Å². The molecule has 0 unspecified atom stereocenters. The highest BCUT2D eigenvalue weighted by atomic mass is 16.5. The van der Waals surface area contributed by atoms with Crippen LogP contribution in [0.3, 0.4) is 0 Å². The maximum absolute atomic E-state index is 12.5. The molecular weight excluding hydrogens is 456 g/mol. The Hall–Kier alpha value is -4.58. The summed E-state index contributed by atoms with van der Waals surface area (Å²) in [7, 11) is 0. The molecule has 3 aromatic carbocycles. The molecule has 1 heterocycles. The van der Waals surface area contributed by atoms with Crippen molar-refractivity contribution < 1.29 is 23.4 Å². The molecule has 0 saturated heterocycles. The van der Waals surface area contributed by atoms with Crippen molar-refractivity contribution >= 4 is 29.1 Å². The minimum Gasteiger partial charge on any atom is -0.489 e. The molecule has 0 spiro atoms. The van der Waals surface area contributed by atoms with Gasteiger partial charge >= 0.3 is 11.6 Å². The average Bonchev–Trinajstić information content (AvgIpc) is 2.90. The number of rotatable bonds is 10. The monoisotopic (exact) mass is 482 g/mol. The van der Waals surface area contributed by atoms with Crippen LogP contribution in [-0.2, 0) is 18.0 Å². The molecule has 0 N–H and O–H groups in total. The average molecular weight is 483 g/mol. The Labute approximate surface area is 209 Å². The van der Waals surface area contributed by atoms with Gasteiger partial charge in [0.25, 0.3) is 0 Å². The zero-order valence-corrected chi connectivity index (χ0v) is 20.0. The lowest BCUT2D eigenvalue weighted by Gasteiger charge is -2.13. The van der Waals surface area contributed by atoms with Gasteiger partial charge in [-0.3, -0.25) is 0 Å². The van der Waals surface area contributed by atoms with Crippen molar-refractivity contribution in [3.05, 3.63) is 118 Å². The Morgan fingerprint density at radius 3 is 2.00 bits per heavy atom. The normalized spacial score (nSPS) is 10.6. The molecule has 0 amide bonds. The molecule has 0 bridgehead atoms. The lowest BCUT2D eigenvalue weighted by atomic mass is 10.1. The predicted octanol–water partition coefficient (Wildman–Crippen LogP) is 6.41. The number of fused-ring (bicyclic) bond motifs is 1. The molecule has 6 heteroatoms. The van der Waals surface area contributed by atoms with E-state index in [0.29, 0.717) is 23.5 Å². The lowest BCUT2D eigenvalue weighted by molar-refractivity contribution is 0.0522. The summed E-state index contributed by atoms with van der Waals surface area (Å²) in [5.41, 5.74) is 3.17. The number of ether oxygens (including phenoxy) is 3. The summed E-state index contributed by atoms with van der Waals surface area (Å²) in [6.07, 6.45) is 3.54. The number of benzene rings is 3. The van der Waals surface area contributed by atoms with E-state index in [1.54, 1.807) is 31.2 Å². The second kappa shape index (κ2) is 11.2. The molecule has 4 rings (SSSR count). The maximum atomic E-state index is 12.5. The molecule has 0 radical (unpaired) electrons. The summed E-state index contributed by atoms with van der Waals surface area (Å²) in [5, 5.41) is 0.461. The number of hydrogen-bond acceptors (Lipinski definition) is 6. The third-order valence-electron chi connectivity index (χ3n) is 5.51. The minimum absolute atomic E-state index is 0.140. The fourth-order valence-electron chi connectivity index (χ4n) is 3.54. The van der Waals surface area contributed by atoms with E-state index in [-0.39, 0.29) is 24.4 Å². The van der Waals surface area contributed by atoms with E-state index in [0.717, 1.165) is 22.3 Å². The van der Waals surface area contributed by atoms with Gasteiger partial charge in [0.1, 0.15) is 35.9 Å². The van der Waals surface area contributed by atoms with Crippen molar-refractivity contribution in [1.82, 2.24) is 0 Å². The number of hydrogen-bond donors (Lipinski definition) is 0. The van der Waals surface area contributed by atoms with E-state index >= 15 is 0 Å². The summed E-state index contributed by atoms with van der Waals surface area (Å²) in [4.78, 5) is 24.8. The summed E-state index contributed by atoms with van der Waals surface area (Å²) in [6, 6.07) is 20.3. The van der Waals surface area contributed by atoms with Gasteiger partial charge in [0.15, 0.2) is 0 Å². The Morgan fingerprint density at radius 2 is 1.44 bits per heavy atom. The summed E-state index contributed by atoms with van der Waals surface area (Å²) < 4.78 is 22.6. The zero-order valence-electron chi connectivity index (χ0n) is 20.0. The zero-order chi connectivity index (χ0) is 25.5. The van der Waals surface area contributed by atoms with Gasteiger partial charge in [0, 0.05) is 12.1 Å². The minimum atomic E-state index is -0.788. The largest absolute Gasteiger partial charge is 0.489 e. The lowest BCUT2D eigenvalue weighted by Crippen LogP contribution is -2.16. The van der Waals surface area contributed by atoms with Crippen LogP contribution in [0.5, 0.6) is 11.5 Å². The molecule has 0 atom stereocenters. The molecule has 0 fully saturated rings. The Kier molecular flexibility index (Phi) is 7.66. The first-order valence-electron chi connectivity index (χ1n) is 11.5. The third kappa shape index (κ3) is 5.73. The fraction of sp³-hybridized carbons (Fsp3) is 0.133. The molecule has 0 saturated carbocycles. The Balaban J connectivity index is 1.67. The smallest absolute Gasteiger partial charge is 0.351 e. The summed E-state index contributed by atoms with van der Waals surface area (Å²) >= 11 is 0. The van der Waals surface area contributed by atoms with Crippen molar-refractivity contribution in [2.45, 2.75) is 20.1 Å². The van der Waals surface area contributed by atoms with E-state index in [9.17, 15) is 9.59 Å². The van der Waals surface area contributed by atoms with E-state index < -0.39 is 11.6 Å². The van der Waals surface area contributed by atoms with Crippen LogP contribution in [0.1, 0.15) is 39.5 Å². The first-order valence-corrected chi connectivity index (χ1v) is 11.5. The molecule has 182 valence electrons. The van der Waals surface area contributed by atoms with Crippen molar-refractivity contribution in [2.24, 2.45) is 0 Å². The van der Waals surface area contributed by atoms with Gasteiger partial charge in [0.05, 0.1) is 12.0 Å². The van der Waals surface area contributed by atoms with E-state index in [2.05, 4.69) is 13.2 Å². The highest BCUT2D eigenvalue weighted by Gasteiger charge is 2.18. The molecule has 36 heavy (non-hydrogen) atoms. The number of esters is 1. The molecule has 1 aromatic heterocycles. The third-order valence-corrected chi connectivity index (χ3v) is 5.51. The Bertz CT molecular complexity index is 1450. The fourth-order valence-corrected chi connectivity index (χ4v) is 3.54. The second-order valence-corrected chi connectivity index (χ2v) is 7.97. The van der Waals surface area contributed by atoms with Gasteiger partial charge in [-0.1, -0.05) is 73.8 Å². The molecule has 6 nitrogen and oxygen atoms in total. The van der Waals surface area contributed by atoms with Gasteiger partial charge in [0.2, 0.25) is 0 Å². The van der Waals surface area contributed by atoms with E-state index in [4.69, 9.17) is 18.6 Å². The second-order valence-electron chi connectivity index (χ2n) is 7.97. The standard InChI is InChI=1S/C30H26O6/c1-4-20-7-11-22(12-8-20)18-34-24-15-27(35-19-23-13-9-21(5-2)10-14-23)25-17-26(29(31)33-6-3)30(32)36-28(25)16-24/h4-5,7-17H,1-2,6,18-19H2,3H3. The highest BCUT2D eigenvalue weighted by Crippen LogP contribution is 2.32. The van der Waals surface area contributed by atoms with E-state index in [1.807, 2.05) is 48.5 Å². The summed E-state index contributed by atoms with van der Waals surface area (Å²) in [5.74, 6) is 0.119. The Morgan fingerprint density at radius 1 is 0.861 bits per heavy atom. The number of carbonyl (C=O) groups excluding carboxylic acids is 1. The quantitative estimate of drug-likeness (QED) is 0.192. The van der Waals surface area contributed by atoms with Crippen molar-refractivity contribution in [3.63, 3.8) is 0 Å². The van der Waals surface area contributed by atoms with Gasteiger partial charge in [-0.25, -0.2) is 9.59 Å². The SMILES string of the molecule is C=Cc1ccc(COc2cc(OCc3ccc(C=C)cc3)c3cc(C(=O)OCC)c(=O)oc3c2)cc1. The maximum Gasteiger partial charge on any atom is 0.351 e. The van der Waals surface area contributed by atoms with Crippen LogP contribution >= 0.6 is 0 Å². The molecule has 0 aliphatic heterocycles. The van der Waals surface area contributed by atoms with Gasteiger partial charge in [-0.05, 0) is 35.2 Å².